The van der Waals surface area contributed by atoms with Crippen molar-refractivity contribution in [3.63, 3.8) is 0 Å². The Kier molecular flexibility index (Phi) is 7.32. The summed E-state index contributed by atoms with van der Waals surface area (Å²) in [5, 5.41) is 31.0. The fourth-order valence-electron chi connectivity index (χ4n) is 6.93. The fraction of sp³-hybridized carbons (Fsp3) is 0.655. The van der Waals surface area contributed by atoms with Gasteiger partial charge in [-0.25, -0.2) is 4.79 Å². The van der Waals surface area contributed by atoms with E-state index in [-0.39, 0.29) is 37.5 Å². The van der Waals surface area contributed by atoms with Crippen molar-refractivity contribution in [2.24, 2.45) is 0 Å². The summed E-state index contributed by atoms with van der Waals surface area (Å²) in [5.41, 5.74) is -1.51. The van der Waals surface area contributed by atoms with E-state index < -0.39 is 35.7 Å². The van der Waals surface area contributed by atoms with E-state index in [1.54, 1.807) is 13.8 Å². The molecule has 3 heterocycles. The second-order valence-corrected chi connectivity index (χ2v) is 11.9. The number of hydrogen-bond donors (Lipinski definition) is 3. The maximum Gasteiger partial charge on any atom is 0.339 e. The van der Waals surface area contributed by atoms with E-state index in [2.05, 4.69) is 4.90 Å². The third-order valence-corrected chi connectivity index (χ3v) is 8.78. The van der Waals surface area contributed by atoms with Crippen LogP contribution in [-0.4, -0.2) is 82.0 Å². The van der Waals surface area contributed by atoms with Gasteiger partial charge in [0.05, 0.1) is 19.1 Å². The number of carboxylic acid groups (broad SMARTS) is 1. The zero-order valence-corrected chi connectivity index (χ0v) is 22.9. The summed E-state index contributed by atoms with van der Waals surface area (Å²) >= 11 is 0. The molecule has 0 saturated carbocycles. The summed E-state index contributed by atoms with van der Waals surface area (Å²) in [5.74, 6) is -0.814. The molecule has 0 amide bonds. The molecule has 0 radical (unpaired) electrons. The molecule has 0 aromatic heterocycles. The molecule has 1 aliphatic carbocycles. The number of carbonyl (C=O) groups is 2. The molecule has 1 saturated heterocycles. The fourth-order valence-corrected chi connectivity index (χ4v) is 6.93. The third-order valence-electron chi connectivity index (χ3n) is 8.78. The molecule has 1 aromatic rings. The van der Waals surface area contributed by atoms with Crippen LogP contribution in [0.4, 0.5) is 0 Å². The number of aliphatic hydroxyl groups is 2. The minimum atomic E-state index is -2.25. The van der Waals surface area contributed by atoms with Crippen LogP contribution in [0.25, 0.3) is 0 Å². The van der Waals surface area contributed by atoms with E-state index in [0.29, 0.717) is 23.7 Å². The highest BCUT2D eigenvalue weighted by Gasteiger charge is 2.57. The van der Waals surface area contributed by atoms with Crippen LogP contribution in [0.3, 0.4) is 0 Å². The zero-order chi connectivity index (χ0) is 28.0. The number of methoxy groups -OCH3 is 1. The summed E-state index contributed by atoms with van der Waals surface area (Å²) in [6.45, 7) is 5.17. The van der Waals surface area contributed by atoms with Crippen LogP contribution in [0.15, 0.2) is 24.0 Å². The van der Waals surface area contributed by atoms with Crippen molar-refractivity contribution in [1.29, 1.82) is 0 Å². The Bertz CT molecular complexity index is 1160. The Morgan fingerprint density at radius 1 is 1.15 bits per heavy atom. The highest BCUT2D eigenvalue weighted by atomic mass is 16.7. The predicted molar refractivity (Wildman–Crippen MR) is 139 cm³/mol. The second-order valence-electron chi connectivity index (χ2n) is 11.9. The van der Waals surface area contributed by atoms with Gasteiger partial charge in [0.25, 0.3) is 0 Å². The van der Waals surface area contributed by atoms with Crippen molar-refractivity contribution in [3.05, 3.63) is 35.1 Å². The molecular formula is C29H39NO9. The largest absolute Gasteiger partial charge is 0.497 e. The summed E-state index contributed by atoms with van der Waals surface area (Å²) in [4.78, 5) is 27.9. The maximum absolute atomic E-state index is 13.7. The number of carbonyl (C=O) groups excluding carboxylic acids is 1. The number of hydrogen-bond acceptors (Lipinski definition) is 9. The van der Waals surface area contributed by atoms with Crippen molar-refractivity contribution >= 4 is 11.9 Å². The van der Waals surface area contributed by atoms with Crippen molar-refractivity contribution in [2.75, 3.05) is 27.0 Å². The summed E-state index contributed by atoms with van der Waals surface area (Å²) in [6.07, 6.45) is 4.10. The molecule has 3 aliphatic heterocycles. The van der Waals surface area contributed by atoms with Gasteiger partial charge in [0.2, 0.25) is 6.79 Å². The number of nitrogens with zero attached hydrogens (tertiary/aromatic N) is 1. The third kappa shape index (κ3) is 5.21. The first-order chi connectivity index (χ1) is 18.5. The van der Waals surface area contributed by atoms with E-state index >= 15 is 0 Å². The summed E-state index contributed by atoms with van der Waals surface area (Å²) in [7, 11) is 1.53. The Morgan fingerprint density at radius 3 is 2.59 bits per heavy atom. The van der Waals surface area contributed by atoms with Crippen LogP contribution in [-0.2, 0) is 25.5 Å². The van der Waals surface area contributed by atoms with Gasteiger partial charge in [0.15, 0.2) is 23.2 Å². The van der Waals surface area contributed by atoms with E-state index in [1.807, 2.05) is 18.2 Å². The van der Waals surface area contributed by atoms with Crippen LogP contribution in [0.1, 0.15) is 75.8 Å². The highest BCUT2D eigenvalue weighted by Crippen LogP contribution is 2.55. The Balaban J connectivity index is 1.53. The number of carboxylic acids is 1. The minimum Gasteiger partial charge on any atom is -0.497 e. The average Bonchev–Trinajstić information content (AvgIpc) is 3.45. The van der Waals surface area contributed by atoms with Gasteiger partial charge in [-0.05, 0) is 94.7 Å². The number of fused-ring (bicyclic) bond motifs is 3. The number of benzene rings is 1. The average molecular weight is 546 g/mol. The first kappa shape index (κ1) is 27.7. The zero-order valence-electron chi connectivity index (χ0n) is 22.9. The molecule has 1 spiro atoms. The smallest absolute Gasteiger partial charge is 0.339 e. The van der Waals surface area contributed by atoms with E-state index in [9.17, 15) is 24.9 Å². The van der Waals surface area contributed by atoms with Gasteiger partial charge < -0.3 is 34.3 Å². The SMILES string of the molecule is COC1=CC[C@]23CCCN2CCc2cc4c(cc2[C@@H]3[C@@H]1OC(=O)[C@@](O)(CCCC(C)(C)O)CC(=O)O)OCO4. The molecule has 1 aromatic carbocycles. The predicted octanol–water partition coefficient (Wildman–Crippen LogP) is 2.88. The van der Waals surface area contributed by atoms with E-state index in [0.717, 1.165) is 43.5 Å². The van der Waals surface area contributed by atoms with Crippen LogP contribution in [0, 0.1) is 0 Å². The van der Waals surface area contributed by atoms with E-state index in [1.165, 1.54) is 7.11 Å². The maximum atomic E-state index is 13.7. The van der Waals surface area contributed by atoms with Crippen LogP contribution in [0.2, 0.25) is 0 Å². The quantitative estimate of drug-likeness (QED) is 0.398. The van der Waals surface area contributed by atoms with Crippen molar-refractivity contribution in [3.8, 4) is 11.5 Å². The number of ether oxygens (including phenoxy) is 4. The van der Waals surface area contributed by atoms with Crippen LogP contribution >= 0.6 is 0 Å². The Morgan fingerprint density at radius 2 is 1.90 bits per heavy atom. The Hall–Kier alpha value is -2.82. The van der Waals surface area contributed by atoms with Gasteiger partial charge in [-0.15, -0.1) is 0 Å². The second kappa shape index (κ2) is 10.3. The first-order valence-electron chi connectivity index (χ1n) is 13.7. The molecule has 214 valence electrons. The molecule has 3 N–H and O–H groups in total. The number of rotatable bonds is 9. The van der Waals surface area contributed by atoms with E-state index in [4.69, 9.17) is 18.9 Å². The highest BCUT2D eigenvalue weighted by molar-refractivity contribution is 5.85. The number of aliphatic carboxylic acids is 1. The molecule has 4 aliphatic rings. The topological polar surface area (TPSA) is 135 Å². The van der Waals surface area contributed by atoms with Crippen molar-refractivity contribution in [1.82, 2.24) is 4.90 Å². The van der Waals surface area contributed by atoms with Gasteiger partial charge in [0.1, 0.15) is 5.76 Å². The van der Waals surface area contributed by atoms with Gasteiger partial charge in [-0.2, -0.15) is 0 Å². The standard InChI is InChI=1S/C29H39NO9/c1-27(2,34)8-4-10-29(35,16-23(31)32)26(33)39-25-20(36-3)6-11-28-9-5-12-30(28)13-7-18-14-21-22(38-17-37-21)15-19(18)24(25)28/h6,14-15,24-25,34-35H,4-5,7-13,16-17H2,1-3H3,(H,31,32)/t24-,25-,28+,29-/m1/s1. The van der Waals surface area contributed by atoms with Gasteiger partial charge >= 0.3 is 11.9 Å². The van der Waals surface area contributed by atoms with Crippen molar-refractivity contribution < 1.29 is 43.9 Å². The lowest BCUT2D eigenvalue weighted by molar-refractivity contribution is -0.180. The van der Waals surface area contributed by atoms with Crippen LogP contribution < -0.4 is 9.47 Å². The van der Waals surface area contributed by atoms with Gasteiger partial charge in [0, 0.05) is 18.0 Å². The molecule has 0 unspecified atom stereocenters. The molecule has 5 rings (SSSR count). The minimum absolute atomic E-state index is 0.147. The lowest BCUT2D eigenvalue weighted by atomic mass is 9.68. The Labute approximate surface area is 228 Å². The molecule has 39 heavy (non-hydrogen) atoms. The monoisotopic (exact) mass is 545 g/mol. The molecule has 0 bridgehead atoms. The number of esters is 1. The molecule has 4 atom stereocenters. The summed E-state index contributed by atoms with van der Waals surface area (Å²) in [6, 6.07) is 3.99. The van der Waals surface area contributed by atoms with Crippen molar-refractivity contribution in [2.45, 2.75) is 94.0 Å². The van der Waals surface area contributed by atoms with Gasteiger partial charge in [-0.3, -0.25) is 9.69 Å². The molecule has 10 heteroatoms. The normalized spacial score (nSPS) is 27.4. The first-order valence-corrected chi connectivity index (χ1v) is 13.7. The summed E-state index contributed by atoms with van der Waals surface area (Å²) < 4.78 is 23.3. The van der Waals surface area contributed by atoms with Crippen LogP contribution in [0.5, 0.6) is 11.5 Å². The lowest BCUT2D eigenvalue weighted by Crippen LogP contribution is -2.55. The molecular weight excluding hydrogens is 506 g/mol. The molecule has 1 fully saturated rings. The van der Waals surface area contributed by atoms with Gasteiger partial charge in [-0.1, -0.05) is 0 Å². The lowest BCUT2D eigenvalue weighted by Gasteiger charge is -2.49. The molecule has 10 nitrogen and oxygen atoms in total.